The molecule has 3 nitrogen and oxygen atoms in total. The average Bonchev–Trinajstić information content (AvgIpc) is 1.87. The summed E-state index contributed by atoms with van der Waals surface area (Å²) in [5.74, 6) is 0. The first-order valence-electron chi connectivity index (χ1n) is 3.93. The van der Waals surface area contributed by atoms with Gasteiger partial charge in [0.15, 0.2) is 0 Å². The minimum atomic E-state index is 0.262. The van der Waals surface area contributed by atoms with E-state index in [4.69, 9.17) is 11.5 Å². The van der Waals surface area contributed by atoms with Gasteiger partial charge in [-0.2, -0.15) is 0 Å². The molecule has 62 valence electrons. The Balaban J connectivity index is 2.77. The fourth-order valence-corrected chi connectivity index (χ4v) is 0.724. The van der Waals surface area contributed by atoms with Crippen LogP contribution in [0.1, 0.15) is 19.8 Å². The van der Waals surface area contributed by atoms with E-state index in [-0.39, 0.29) is 6.04 Å². The zero-order valence-corrected chi connectivity index (χ0v) is 6.77. The van der Waals surface area contributed by atoms with Gasteiger partial charge in [0.25, 0.3) is 0 Å². The predicted octanol–water partition coefficient (Wildman–Crippen LogP) is -0.338. The van der Waals surface area contributed by atoms with Gasteiger partial charge in [-0.05, 0) is 32.9 Å². The highest BCUT2D eigenvalue weighted by molar-refractivity contribution is 4.56. The molecular weight excluding hydrogens is 126 g/mol. The SMILES string of the molecule is CC(N)CNCCCCN. The summed E-state index contributed by atoms with van der Waals surface area (Å²) < 4.78 is 0. The van der Waals surface area contributed by atoms with Crippen molar-refractivity contribution < 1.29 is 0 Å². The smallest absolute Gasteiger partial charge is 0.0136 e. The van der Waals surface area contributed by atoms with Gasteiger partial charge in [-0.15, -0.1) is 0 Å². The second-order valence-corrected chi connectivity index (χ2v) is 2.68. The summed E-state index contributed by atoms with van der Waals surface area (Å²) >= 11 is 0. The van der Waals surface area contributed by atoms with Gasteiger partial charge in [-0.25, -0.2) is 0 Å². The molecule has 0 aromatic heterocycles. The first kappa shape index (κ1) is 9.88. The van der Waals surface area contributed by atoms with Crippen molar-refractivity contribution >= 4 is 0 Å². The monoisotopic (exact) mass is 145 g/mol. The van der Waals surface area contributed by atoms with E-state index in [1.807, 2.05) is 6.92 Å². The maximum Gasteiger partial charge on any atom is 0.0136 e. The van der Waals surface area contributed by atoms with Gasteiger partial charge >= 0.3 is 0 Å². The second-order valence-electron chi connectivity index (χ2n) is 2.68. The maximum atomic E-state index is 5.52. The Bertz CT molecular complexity index is 63.9. The van der Waals surface area contributed by atoms with Crippen LogP contribution in [0.15, 0.2) is 0 Å². The van der Waals surface area contributed by atoms with Crippen LogP contribution >= 0.6 is 0 Å². The molecule has 0 aliphatic carbocycles. The largest absolute Gasteiger partial charge is 0.330 e. The van der Waals surface area contributed by atoms with Crippen molar-refractivity contribution in [3.63, 3.8) is 0 Å². The molecule has 1 unspecified atom stereocenters. The molecule has 0 radical (unpaired) electrons. The predicted molar refractivity (Wildman–Crippen MR) is 44.8 cm³/mol. The number of nitrogens with one attached hydrogen (secondary N) is 1. The van der Waals surface area contributed by atoms with Crippen LogP contribution in [0.25, 0.3) is 0 Å². The normalized spacial score (nSPS) is 13.5. The molecule has 1 atom stereocenters. The topological polar surface area (TPSA) is 64.1 Å². The van der Waals surface area contributed by atoms with Crippen molar-refractivity contribution in [3.05, 3.63) is 0 Å². The van der Waals surface area contributed by atoms with Gasteiger partial charge in [-0.3, -0.25) is 0 Å². The minimum absolute atomic E-state index is 0.262. The number of rotatable bonds is 6. The number of nitrogens with two attached hydrogens (primary N) is 2. The number of hydrogen-bond donors (Lipinski definition) is 3. The van der Waals surface area contributed by atoms with Crippen LogP contribution in [0.4, 0.5) is 0 Å². The van der Waals surface area contributed by atoms with Gasteiger partial charge < -0.3 is 16.8 Å². The standard InChI is InChI=1S/C7H19N3/c1-7(9)6-10-5-3-2-4-8/h7,10H,2-6,8-9H2,1H3. The summed E-state index contributed by atoms with van der Waals surface area (Å²) in [5.41, 5.74) is 10.8. The van der Waals surface area contributed by atoms with Crippen LogP contribution in [0.2, 0.25) is 0 Å². The molecule has 5 N–H and O–H groups in total. The molecular formula is C7H19N3. The molecule has 0 rings (SSSR count). The van der Waals surface area contributed by atoms with Crippen LogP contribution in [0, 0.1) is 0 Å². The molecule has 3 heteroatoms. The maximum absolute atomic E-state index is 5.52. The molecule has 10 heavy (non-hydrogen) atoms. The minimum Gasteiger partial charge on any atom is -0.330 e. The average molecular weight is 145 g/mol. The summed E-state index contributed by atoms with van der Waals surface area (Å²) in [4.78, 5) is 0. The van der Waals surface area contributed by atoms with E-state index in [9.17, 15) is 0 Å². The van der Waals surface area contributed by atoms with Crippen molar-refractivity contribution in [2.24, 2.45) is 11.5 Å². The Labute approximate surface area is 63.2 Å². The lowest BCUT2D eigenvalue weighted by Crippen LogP contribution is -2.31. The van der Waals surface area contributed by atoms with Crippen LogP contribution in [0.3, 0.4) is 0 Å². The van der Waals surface area contributed by atoms with Crippen LogP contribution in [-0.2, 0) is 0 Å². The fraction of sp³-hybridized carbons (Fsp3) is 1.00. The first-order chi connectivity index (χ1) is 4.77. The molecule has 0 aliphatic rings. The quantitative estimate of drug-likeness (QED) is 0.448. The van der Waals surface area contributed by atoms with Crippen molar-refractivity contribution in [2.75, 3.05) is 19.6 Å². The summed E-state index contributed by atoms with van der Waals surface area (Å²) in [7, 11) is 0. The molecule has 0 spiro atoms. The Kier molecular flexibility index (Phi) is 6.91. The molecule has 0 bridgehead atoms. The highest BCUT2D eigenvalue weighted by Crippen LogP contribution is 1.81. The Morgan fingerprint density at radius 1 is 1.40 bits per heavy atom. The van der Waals surface area contributed by atoms with Gasteiger partial charge in [-0.1, -0.05) is 0 Å². The lowest BCUT2D eigenvalue weighted by atomic mass is 10.3. The third kappa shape index (κ3) is 7.88. The van der Waals surface area contributed by atoms with Crippen molar-refractivity contribution in [1.29, 1.82) is 0 Å². The van der Waals surface area contributed by atoms with E-state index in [0.29, 0.717) is 0 Å². The van der Waals surface area contributed by atoms with Crippen LogP contribution < -0.4 is 16.8 Å². The van der Waals surface area contributed by atoms with Gasteiger partial charge in [0.2, 0.25) is 0 Å². The van der Waals surface area contributed by atoms with E-state index in [1.54, 1.807) is 0 Å². The Morgan fingerprint density at radius 2 is 2.10 bits per heavy atom. The van der Waals surface area contributed by atoms with Crippen LogP contribution in [-0.4, -0.2) is 25.7 Å². The summed E-state index contributed by atoms with van der Waals surface area (Å²) in [6, 6.07) is 0.262. The summed E-state index contributed by atoms with van der Waals surface area (Å²) in [6.07, 6.45) is 2.26. The van der Waals surface area contributed by atoms with Gasteiger partial charge in [0, 0.05) is 12.6 Å². The van der Waals surface area contributed by atoms with E-state index >= 15 is 0 Å². The highest BCUT2D eigenvalue weighted by Gasteiger charge is 1.90. The third-order valence-electron chi connectivity index (χ3n) is 1.27. The molecule has 0 saturated heterocycles. The lowest BCUT2D eigenvalue weighted by molar-refractivity contribution is 0.580. The van der Waals surface area contributed by atoms with Crippen LogP contribution in [0.5, 0.6) is 0 Å². The molecule has 0 saturated carbocycles. The number of unbranched alkanes of at least 4 members (excludes halogenated alkanes) is 1. The molecule has 0 heterocycles. The van der Waals surface area contributed by atoms with E-state index in [2.05, 4.69) is 5.32 Å². The fourth-order valence-electron chi connectivity index (χ4n) is 0.724. The van der Waals surface area contributed by atoms with Gasteiger partial charge in [0.05, 0.1) is 0 Å². The van der Waals surface area contributed by atoms with Gasteiger partial charge in [0.1, 0.15) is 0 Å². The Morgan fingerprint density at radius 3 is 2.60 bits per heavy atom. The molecule has 0 aromatic rings. The number of hydrogen-bond acceptors (Lipinski definition) is 3. The van der Waals surface area contributed by atoms with Crippen molar-refractivity contribution in [2.45, 2.75) is 25.8 Å². The zero-order chi connectivity index (χ0) is 7.82. The summed E-state index contributed by atoms with van der Waals surface area (Å²) in [5, 5.41) is 3.24. The molecule has 0 aliphatic heterocycles. The lowest BCUT2D eigenvalue weighted by Gasteiger charge is -2.05. The second kappa shape index (κ2) is 6.99. The van der Waals surface area contributed by atoms with E-state index in [0.717, 1.165) is 32.5 Å². The molecule has 0 amide bonds. The summed E-state index contributed by atoms with van der Waals surface area (Å²) in [6.45, 7) is 4.74. The highest BCUT2D eigenvalue weighted by atomic mass is 14.9. The molecule has 0 fully saturated rings. The van der Waals surface area contributed by atoms with E-state index < -0.39 is 0 Å². The zero-order valence-electron chi connectivity index (χ0n) is 6.77. The molecule has 0 aromatic carbocycles. The van der Waals surface area contributed by atoms with Crippen molar-refractivity contribution in [1.82, 2.24) is 5.32 Å². The Hall–Kier alpha value is -0.120. The van der Waals surface area contributed by atoms with Crippen molar-refractivity contribution in [3.8, 4) is 0 Å². The third-order valence-corrected chi connectivity index (χ3v) is 1.27. The van der Waals surface area contributed by atoms with E-state index in [1.165, 1.54) is 0 Å². The first-order valence-corrected chi connectivity index (χ1v) is 3.93.